The van der Waals surface area contributed by atoms with Crippen molar-refractivity contribution in [1.82, 2.24) is 15.1 Å². The van der Waals surface area contributed by atoms with Crippen molar-refractivity contribution in [2.75, 3.05) is 0 Å². The summed E-state index contributed by atoms with van der Waals surface area (Å²) in [6.07, 6.45) is 7.41. The average Bonchev–Trinajstić information content (AvgIpc) is 3.15. The molecule has 3 nitrogen and oxygen atoms in total. The Kier molecular flexibility index (Phi) is 4.39. The number of nitrogens with one attached hydrogen (secondary N) is 1. The highest BCUT2D eigenvalue weighted by atomic mass is 15.3. The lowest BCUT2D eigenvalue weighted by atomic mass is 10.1. The Labute approximate surface area is 127 Å². The molecule has 1 aliphatic rings. The van der Waals surface area contributed by atoms with Crippen LogP contribution in [0.2, 0.25) is 0 Å². The Morgan fingerprint density at radius 3 is 2.86 bits per heavy atom. The van der Waals surface area contributed by atoms with Gasteiger partial charge in [0.05, 0.1) is 11.7 Å². The van der Waals surface area contributed by atoms with Crippen molar-refractivity contribution in [3.8, 4) is 0 Å². The third kappa shape index (κ3) is 3.53. The molecule has 0 spiro atoms. The van der Waals surface area contributed by atoms with Gasteiger partial charge in [0.1, 0.15) is 0 Å². The SMILES string of the molecule is Cc1cccc([C@H](C)NCc2ccn(C3CCCC3)n2)c1. The van der Waals surface area contributed by atoms with Gasteiger partial charge in [-0.25, -0.2) is 0 Å². The van der Waals surface area contributed by atoms with E-state index in [1.54, 1.807) is 0 Å². The van der Waals surface area contributed by atoms with Gasteiger partial charge < -0.3 is 5.32 Å². The lowest BCUT2D eigenvalue weighted by molar-refractivity contribution is 0.458. The molecule has 1 fully saturated rings. The lowest BCUT2D eigenvalue weighted by Crippen LogP contribution is -2.18. The maximum absolute atomic E-state index is 4.73. The van der Waals surface area contributed by atoms with E-state index in [-0.39, 0.29) is 0 Å². The van der Waals surface area contributed by atoms with Gasteiger partial charge in [0.25, 0.3) is 0 Å². The number of benzene rings is 1. The molecule has 2 aromatic rings. The van der Waals surface area contributed by atoms with Crippen LogP contribution in [-0.2, 0) is 6.54 Å². The fourth-order valence-electron chi connectivity index (χ4n) is 3.16. The zero-order valence-electron chi connectivity index (χ0n) is 13.0. The first kappa shape index (κ1) is 14.3. The molecule has 1 N–H and O–H groups in total. The lowest BCUT2D eigenvalue weighted by Gasteiger charge is -2.14. The fourth-order valence-corrected chi connectivity index (χ4v) is 3.16. The van der Waals surface area contributed by atoms with Crippen molar-refractivity contribution in [2.45, 2.75) is 58.2 Å². The summed E-state index contributed by atoms with van der Waals surface area (Å²) < 4.78 is 2.17. The average molecular weight is 283 g/mol. The first-order chi connectivity index (χ1) is 10.2. The van der Waals surface area contributed by atoms with E-state index >= 15 is 0 Å². The van der Waals surface area contributed by atoms with Gasteiger partial charge in [-0.05, 0) is 38.3 Å². The van der Waals surface area contributed by atoms with Crippen molar-refractivity contribution in [3.05, 3.63) is 53.3 Å². The molecule has 0 unspecified atom stereocenters. The maximum atomic E-state index is 4.73. The van der Waals surface area contributed by atoms with E-state index in [0.717, 1.165) is 12.2 Å². The minimum atomic E-state index is 0.349. The minimum absolute atomic E-state index is 0.349. The molecule has 0 amide bonds. The number of hydrogen-bond acceptors (Lipinski definition) is 2. The normalized spacial score (nSPS) is 17.2. The van der Waals surface area contributed by atoms with Gasteiger partial charge in [-0.2, -0.15) is 5.10 Å². The monoisotopic (exact) mass is 283 g/mol. The summed E-state index contributed by atoms with van der Waals surface area (Å²) in [5.41, 5.74) is 3.79. The second kappa shape index (κ2) is 6.44. The van der Waals surface area contributed by atoms with Crippen LogP contribution in [0.15, 0.2) is 36.5 Å². The van der Waals surface area contributed by atoms with E-state index < -0.39 is 0 Å². The predicted molar refractivity (Wildman–Crippen MR) is 86.2 cm³/mol. The molecule has 0 bridgehead atoms. The van der Waals surface area contributed by atoms with Crippen LogP contribution in [0.3, 0.4) is 0 Å². The first-order valence-electron chi connectivity index (χ1n) is 8.06. The Bertz CT molecular complexity index is 582. The van der Waals surface area contributed by atoms with Crippen LogP contribution in [0.25, 0.3) is 0 Å². The fraction of sp³-hybridized carbons (Fsp3) is 0.500. The molecule has 1 aliphatic carbocycles. The smallest absolute Gasteiger partial charge is 0.0762 e. The van der Waals surface area contributed by atoms with Gasteiger partial charge in [-0.15, -0.1) is 0 Å². The van der Waals surface area contributed by atoms with E-state index in [9.17, 15) is 0 Å². The van der Waals surface area contributed by atoms with Crippen LogP contribution in [0.5, 0.6) is 0 Å². The van der Waals surface area contributed by atoms with Gasteiger partial charge in [-0.1, -0.05) is 42.7 Å². The molecule has 0 aliphatic heterocycles. The zero-order valence-corrected chi connectivity index (χ0v) is 13.0. The molecule has 3 rings (SSSR count). The standard InChI is InChI=1S/C18H25N3/c1-14-6-5-7-16(12-14)15(2)19-13-17-10-11-21(20-17)18-8-3-4-9-18/h5-7,10-12,15,18-19H,3-4,8-9,13H2,1-2H3/t15-/m0/s1. The van der Waals surface area contributed by atoms with Crippen LogP contribution in [0.4, 0.5) is 0 Å². The number of aryl methyl sites for hydroxylation is 1. The quantitative estimate of drug-likeness (QED) is 0.893. The molecule has 1 atom stereocenters. The van der Waals surface area contributed by atoms with Gasteiger partial charge in [-0.3, -0.25) is 4.68 Å². The van der Waals surface area contributed by atoms with Crippen molar-refractivity contribution in [1.29, 1.82) is 0 Å². The van der Waals surface area contributed by atoms with Crippen molar-refractivity contribution in [3.63, 3.8) is 0 Å². The number of rotatable bonds is 5. The van der Waals surface area contributed by atoms with Gasteiger partial charge in [0.15, 0.2) is 0 Å². The molecule has 21 heavy (non-hydrogen) atoms. The second-order valence-corrected chi connectivity index (χ2v) is 6.24. The molecule has 1 saturated carbocycles. The van der Waals surface area contributed by atoms with Gasteiger partial charge in [0.2, 0.25) is 0 Å². The van der Waals surface area contributed by atoms with E-state index in [4.69, 9.17) is 5.10 Å². The van der Waals surface area contributed by atoms with Crippen molar-refractivity contribution in [2.24, 2.45) is 0 Å². The third-order valence-corrected chi connectivity index (χ3v) is 4.49. The molecule has 112 valence electrons. The number of nitrogens with zero attached hydrogens (tertiary/aromatic N) is 2. The number of aromatic nitrogens is 2. The van der Waals surface area contributed by atoms with Gasteiger partial charge in [0, 0.05) is 18.8 Å². The second-order valence-electron chi connectivity index (χ2n) is 6.24. The summed E-state index contributed by atoms with van der Waals surface area (Å²) >= 11 is 0. The highest BCUT2D eigenvalue weighted by Crippen LogP contribution is 2.28. The van der Waals surface area contributed by atoms with Crippen LogP contribution in [0, 0.1) is 6.92 Å². The molecule has 1 heterocycles. The molecular formula is C18H25N3. The summed E-state index contributed by atoms with van der Waals surface area (Å²) in [7, 11) is 0. The van der Waals surface area contributed by atoms with Crippen LogP contribution >= 0.6 is 0 Å². The van der Waals surface area contributed by atoms with Gasteiger partial charge >= 0.3 is 0 Å². The highest BCUT2D eigenvalue weighted by molar-refractivity contribution is 5.24. The molecule has 1 aromatic carbocycles. The Morgan fingerprint density at radius 1 is 1.29 bits per heavy atom. The molecule has 0 saturated heterocycles. The predicted octanol–water partition coefficient (Wildman–Crippen LogP) is 4.16. The Morgan fingerprint density at radius 2 is 2.10 bits per heavy atom. The summed E-state index contributed by atoms with van der Waals surface area (Å²) in [6.45, 7) is 5.18. The topological polar surface area (TPSA) is 29.9 Å². The van der Waals surface area contributed by atoms with Crippen molar-refractivity contribution < 1.29 is 0 Å². The highest BCUT2D eigenvalue weighted by Gasteiger charge is 2.17. The van der Waals surface area contributed by atoms with E-state index in [2.05, 4.69) is 60.4 Å². The summed E-state index contributed by atoms with van der Waals surface area (Å²) in [5, 5.41) is 8.30. The van der Waals surface area contributed by atoms with E-state index in [1.807, 2.05) is 0 Å². The molecule has 1 aromatic heterocycles. The Balaban J connectivity index is 1.57. The van der Waals surface area contributed by atoms with Crippen molar-refractivity contribution >= 4 is 0 Å². The summed E-state index contributed by atoms with van der Waals surface area (Å²) in [5.74, 6) is 0. The summed E-state index contributed by atoms with van der Waals surface area (Å²) in [6, 6.07) is 11.8. The largest absolute Gasteiger partial charge is 0.304 e. The molecular weight excluding hydrogens is 258 g/mol. The van der Waals surface area contributed by atoms with E-state index in [1.165, 1.54) is 36.8 Å². The minimum Gasteiger partial charge on any atom is -0.304 e. The Hall–Kier alpha value is -1.61. The summed E-state index contributed by atoms with van der Waals surface area (Å²) in [4.78, 5) is 0. The third-order valence-electron chi connectivity index (χ3n) is 4.49. The molecule has 3 heteroatoms. The van der Waals surface area contributed by atoms with Crippen LogP contribution in [0.1, 0.15) is 61.5 Å². The zero-order chi connectivity index (χ0) is 14.7. The van der Waals surface area contributed by atoms with Crippen LogP contribution < -0.4 is 5.32 Å². The van der Waals surface area contributed by atoms with E-state index in [0.29, 0.717) is 12.1 Å². The number of hydrogen-bond donors (Lipinski definition) is 1. The molecule has 0 radical (unpaired) electrons. The first-order valence-corrected chi connectivity index (χ1v) is 8.06. The maximum Gasteiger partial charge on any atom is 0.0762 e. The van der Waals surface area contributed by atoms with Crippen LogP contribution in [-0.4, -0.2) is 9.78 Å².